The zero-order chi connectivity index (χ0) is 11.1. The van der Waals surface area contributed by atoms with Gasteiger partial charge in [-0.1, -0.05) is 0 Å². The van der Waals surface area contributed by atoms with Crippen LogP contribution in [0.5, 0.6) is 0 Å². The number of carbonyl (C=O) groups is 1. The van der Waals surface area contributed by atoms with Gasteiger partial charge in [0.1, 0.15) is 0 Å². The number of hydrogen-bond donors (Lipinski definition) is 2. The van der Waals surface area contributed by atoms with Crippen molar-refractivity contribution in [2.24, 2.45) is 5.73 Å². The molecule has 1 unspecified atom stereocenters. The first-order chi connectivity index (χ1) is 7.26. The molecule has 0 radical (unpaired) electrons. The lowest BCUT2D eigenvalue weighted by atomic mass is 10.1. The summed E-state index contributed by atoms with van der Waals surface area (Å²) in [6.45, 7) is 5.77. The summed E-state index contributed by atoms with van der Waals surface area (Å²) in [4.78, 5) is 13.5. The summed E-state index contributed by atoms with van der Waals surface area (Å²) < 4.78 is 4.85. The Morgan fingerprint density at radius 3 is 3.13 bits per heavy atom. The highest BCUT2D eigenvalue weighted by atomic mass is 16.5. The number of nitrogens with one attached hydrogen (secondary N) is 1. The van der Waals surface area contributed by atoms with Crippen molar-refractivity contribution in [2.45, 2.75) is 25.8 Å². The molecule has 1 fully saturated rings. The van der Waals surface area contributed by atoms with Crippen molar-refractivity contribution >= 4 is 6.09 Å². The lowest BCUT2D eigenvalue weighted by Gasteiger charge is -2.32. The predicted molar refractivity (Wildman–Crippen MR) is 58.7 cm³/mol. The Labute approximate surface area is 90.9 Å². The summed E-state index contributed by atoms with van der Waals surface area (Å²) in [5, 5.41) is 2.86. The molecule has 0 bridgehead atoms. The van der Waals surface area contributed by atoms with E-state index in [1.807, 2.05) is 0 Å². The fourth-order valence-corrected chi connectivity index (χ4v) is 1.90. The van der Waals surface area contributed by atoms with Gasteiger partial charge in [-0.05, 0) is 26.3 Å². The van der Waals surface area contributed by atoms with Crippen molar-refractivity contribution in [3.05, 3.63) is 0 Å². The van der Waals surface area contributed by atoms with Crippen LogP contribution in [-0.4, -0.2) is 49.8 Å². The van der Waals surface area contributed by atoms with Crippen LogP contribution in [0.25, 0.3) is 0 Å². The molecule has 5 heteroatoms. The minimum Gasteiger partial charge on any atom is -0.450 e. The van der Waals surface area contributed by atoms with Crippen LogP contribution in [0, 0.1) is 0 Å². The Hall–Kier alpha value is -0.810. The number of nitrogens with two attached hydrogens (primary N) is 1. The molecule has 1 heterocycles. The van der Waals surface area contributed by atoms with E-state index in [1.165, 1.54) is 0 Å². The maximum absolute atomic E-state index is 11.2. The van der Waals surface area contributed by atoms with Gasteiger partial charge >= 0.3 is 6.09 Å². The number of carbonyl (C=O) groups excluding carboxylic acids is 1. The molecule has 1 rings (SSSR count). The van der Waals surface area contributed by atoms with Crippen molar-refractivity contribution < 1.29 is 9.53 Å². The van der Waals surface area contributed by atoms with Gasteiger partial charge in [0.05, 0.1) is 6.61 Å². The Balaban J connectivity index is 2.26. The molecule has 15 heavy (non-hydrogen) atoms. The highest BCUT2D eigenvalue weighted by Crippen LogP contribution is 2.09. The molecule has 1 aliphatic heterocycles. The summed E-state index contributed by atoms with van der Waals surface area (Å²) in [5.41, 5.74) is 5.50. The van der Waals surface area contributed by atoms with E-state index in [2.05, 4.69) is 10.2 Å². The molecule has 5 nitrogen and oxygen atoms in total. The van der Waals surface area contributed by atoms with E-state index in [9.17, 15) is 4.79 Å². The van der Waals surface area contributed by atoms with Gasteiger partial charge < -0.3 is 20.7 Å². The van der Waals surface area contributed by atoms with E-state index >= 15 is 0 Å². The molecular formula is C10H21N3O2. The normalized spacial score (nSPS) is 22.4. The van der Waals surface area contributed by atoms with Gasteiger partial charge in [0.2, 0.25) is 0 Å². The van der Waals surface area contributed by atoms with Gasteiger partial charge in [-0.3, -0.25) is 0 Å². The third-order valence-corrected chi connectivity index (χ3v) is 2.55. The number of alkyl carbamates (subject to hydrolysis) is 1. The summed E-state index contributed by atoms with van der Waals surface area (Å²) in [5.74, 6) is 0. The first-order valence-corrected chi connectivity index (χ1v) is 5.62. The lowest BCUT2D eigenvalue weighted by Crippen LogP contribution is -2.48. The maximum Gasteiger partial charge on any atom is 0.407 e. The molecule has 1 atom stereocenters. The standard InChI is InChI=1S/C10H21N3O2/c1-2-15-10(14)12-9-4-3-6-13(8-9)7-5-11/h9H,2-8,11H2,1H3,(H,12,14). The molecule has 0 aromatic rings. The predicted octanol–water partition coefficient (Wildman–Crippen LogP) is 0.156. The molecule has 0 saturated carbocycles. The van der Waals surface area contributed by atoms with Crippen LogP contribution in [-0.2, 0) is 4.74 Å². The fourth-order valence-electron chi connectivity index (χ4n) is 1.90. The zero-order valence-corrected chi connectivity index (χ0v) is 9.37. The van der Waals surface area contributed by atoms with Crippen LogP contribution in [0.15, 0.2) is 0 Å². The number of ether oxygens (including phenoxy) is 1. The van der Waals surface area contributed by atoms with E-state index in [0.29, 0.717) is 13.2 Å². The average Bonchev–Trinajstić information content (AvgIpc) is 2.19. The van der Waals surface area contributed by atoms with Gasteiger partial charge in [0, 0.05) is 25.7 Å². The molecule has 0 aromatic carbocycles. The lowest BCUT2D eigenvalue weighted by molar-refractivity contribution is 0.135. The van der Waals surface area contributed by atoms with Gasteiger partial charge in [-0.15, -0.1) is 0 Å². The van der Waals surface area contributed by atoms with Gasteiger partial charge in [0.15, 0.2) is 0 Å². The highest BCUT2D eigenvalue weighted by Gasteiger charge is 2.20. The van der Waals surface area contributed by atoms with Crippen LogP contribution in [0.3, 0.4) is 0 Å². The summed E-state index contributed by atoms with van der Waals surface area (Å²) in [6, 6.07) is 0.212. The average molecular weight is 215 g/mol. The molecule has 3 N–H and O–H groups in total. The molecule has 88 valence electrons. The summed E-state index contributed by atoms with van der Waals surface area (Å²) >= 11 is 0. The Bertz CT molecular complexity index is 197. The topological polar surface area (TPSA) is 67.6 Å². The molecule has 0 aromatic heterocycles. The number of nitrogens with zero attached hydrogens (tertiary/aromatic N) is 1. The first kappa shape index (κ1) is 12.3. The third kappa shape index (κ3) is 4.48. The SMILES string of the molecule is CCOC(=O)NC1CCCN(CCN)C1. The zero-order valence-electron chi connectivity index (χ0n) is 9.37. The van der Waals surface area contributed by atoms with Crippen LogP contribution in [0.2, 0.25) is 0 Å². The highest BCUT2D eigenvalue weighted by molar-refractivity contribution is 5.67. The number of piperidine rings is 1. The van der Waals surface area contributed by atoms with Gasteiger partial charge in [-0.25, -0.2) is 4.79 Å². The fraction of sp³-hybridized carbons (Fsp3) is 0.900. The molecule has 1 aliphatic rings. The quantitative estimate of drug-likeness (QED) is 0.701. The van der Waals surface area contributed by atoms with E-state index in [-0.39, 0.29) is 12.1 Å². The van der Waals surface area contributed by atoms with E-state index in [1.54, 1.807) is 6.92 Å². The molecule has 1 saturated heterocycles. The monoisotopic (exact) mass is 215 g/mol. The number of likely N-dealkylation sites (tertiary alicyclic amines) is 1. The molecular weight excluding hydrogens is 194 g/mol. The Morgan fingerprint density at radius 1 is 1.67 bits per heavy atom. The summed E-state index contributed by atoms with van der Waals surface area (Å²) in [7, 11) is 0. The Morgan fingerprint density at radius 2 is 2.47 bits per heavy atom. The second-order valence-corrected chi connectivity index (χ2v) is 3.79. The first-order valence-electron chi connectivity index (χ1n) is 5.62. The van der Waals surface area contributed by atoms with E-state index in [0.717, 1.165) is 32.5 Å². The van der Waals surface area contributed by atoms with Crippen molar-refractivity contribution in [3.63, 3.8) is 0 Å². The van der Waals surface area contributed by atoms with E-state index in [4.69, 9.17) is 10.5 Å². The molecule has 0 aliphatic carbocycles. The van der Waals surface area contributed by atoms with Crippen molar-refractivity contribution in [1.82, 2.24) is 10.2 Å². The molecule has 0 spiro atoms. The largest absolute Gasteiger partial charge is 0.450 e. The van der Waals surface area contributed by atoms with Crippen molar-refractivity contribution in [3.8, 4) is 0 Å². The molecule has 1 amide bonds. The van der Waals surface area contributed by atoms with E-state index < -0.39 is 0 Å². The smallest absolute Gasteiger partial charge is 0.407 e. The van der Waals surface area contributed by atoms with Crippen LogP contribution in [0.1, 0.15) is 19.8 Å². The van der Waals surface area contributed by atoms with Gasteiger partial charge in [-0.2, -0.15) is 0 Å². The number of rotatable bonds is 4. The second kappa shape index (κ2) is 6.63. The number of hydrogen-bond acceptors (Lipinski definition) is 4. The minimum absolute atomic E-state index is 0.212. The second-order valence-electron chi connectivity index (χ2n) is 3.79. The van der Waals surface area contributed by atoms with Crippen LogP contribution < -0.4 is 11.1 Å². The third-order valence-electron chi connectivity index (χ3n) is 2.55. The summed E-state index contributed by atoms with van der Waals surface area (Å²) in [6.07, 6.45) is 1.83. The van der Waals surface area contributed by atoms with Gasteiger partial charge in [0.25, 0.3) is 0 Å². The van der Waals surface area contributed by atoms with Crippen LogP contribution in [0.4, 0.5) is 4.79 Å². The Kier molecular flexibility index (Phi) is 5.42. The van der Waals surface area contributed by atoms with Crippen LogP contribution >= 0.6 is 0 Å². The maximum atomic E-state index is 11.2. The van der Waals surface area contributed by atoms with Crippen molar-refractivity contribution in [2.75, 3.05) is 32.8 Å². The van der Waals surface area contributed by atoms with Crippen molar-refractivity contribution in [1.29, 1.82) is 0 Å². The number of amides is 1. The minimum atomic E-state index is -0.308.